The molecule has 3 aromatic rings. The third kappa shape index (κ3) is 4.79. The molecule has 2 aromatic heterocycles. The average molecular weight is 497 g/mol. The molecule has 0 radical (unpaired) electrons. The zero-order chi connectivity index (χ0) is 24.5. The number of halogens is 3. The summed E-state index contributed by atoms with van der Waals surface area (Å²) in [4.78, 5) is 24.3. The molecule has 1 aromatic carbocycles. The maximum Gasteiger partial charge on any atom is 0.418 e. The van der Waals surface area contributed by atoms with Crippen LogP contribution in [0.3, 0.4) is 0 Å². The number of hydrogen-bond donors (Lipinski definition) is 1. The van der Waals surface area contributed by atoms with E-state index in [0.717, 1.165) is 17.4 Å². The first kappa shape index (κ1) is 24.2. The molecule has 1 N–H and O–H groups in total. The Kier molecular flexibility index (Phi) is 6.91. The Labute approximate surface area is 197 Å². The molecule has 8 nitrogen and oxygen atoms in total. The fourth-order valence-electron chi connectivity index (χ4n) is 3.78. The number of fused-ring (bicyclic) bond motifs is 1. The summed E-state index contributed by atoms with van der Waals surface area (Å²) < 4.78 is 57.3. The van der Waals surface area contributed by atoms with E-state index in [4.69, 9.17) is 14.2 Å². The number of aryl methyl sites for hydroxylation is 1. The normalized spacial score (nSPS) is 14.5. The predicted octanol–water partition coefficient (Wildman–Crippen LogP) is 4.26. The van der Waals surface area contributed by atoms with Gasteiger partial charge in [0.15, 0.2) is 5.82 Å². The average Bonchev–Trinajstić information content (AvgIpc) is 3.15. The maximum atomic E-state index is 13.9. The fraction of sp³-hybridized carbons (Fsp3) is 0.409. The van der Waals surface area contributed by atoms with Gasteiger partial charge in [0.25, 0.3) is 5.91 Å². The summed E-state index contributed by atoms with van der Waals surface area (Å²) in [5.41, 5.74) is -0.276. The lowest BCUT2D eigenvalue weighted by Gasteiger charge is -2.29. The summed E-state index contributed by atoms with van der Waals surface area (Å²) >= 11 is 1.06. The van der Waals surface area contributed by atoms with Gasteiger partial charge in [0.05, 0.1) is 41.8 Å². The number of anilines is 2. The molecule has 0 unspecified atom stereocenters. The molecule has 1 aliphatic heterocycles. The number of hydrogen-bond acceptors (Lipinski definition) is 8. The van der Waals surface area contributed by atoms with E-state index in [1.165, 1.54) is 20.3 Å². The predicted molar refractivity (Wildman–Crippen MR) is 122 cm³/mol. The van der Waals surface area contributed by atoms with Crippen LogP contribution in [0.1, 0.15) is 26.6 Å². The van der Waals surface area contributed by atoms with E-state index in [1.54, 1.807) is 13.0 Å². The number of ether oxygens (including phenoxy) is 3. The van der Waals surface area contributed by atoms with E-state index in [0.29, 0.717) is 53.6 Å². The Hall–Kier alpha value is -2.96. The van der Waals surface area contributed by atoms with Crippen molar-refractivity contribution in [2.75, 3.05) is 50.7 Å². The second-order valence-corrected chi connectivity index (χ2v) is 8.60. The van der Waals surface area contributed by atoms with Crippen molar-refractivity contribution in [2.45, 2.75) is 19.7 Å². The molecule has 1 aliphatic rings. The topological polar surface area (TPSA) is 85.8 Å². The van der Waals surface area contributed by atoms with Crippen LogP contribution < -0.4 is 15.0 Å². The number of amides is 1. The van der Waals surface area contributed by atoms with Gasteiger partial charge >= 0.3 is 6.18 Å². The van der Waals surface area contributed by atoms with Crippen molar-refractivity contribution < 1.29 is 32.2 Å². The van der Waals surface area contributed by atoms with Gasteiger partial charge < -0.3 is 24.4 Å². The van der Waals surface area contributed by atoms with Crippen molar-refractivity contribution in [1.82, 2.24) is 9.97 Å². The molecule has 0 saturated carbocycles. The number of carbonyl (C=O) groups is 1. The number of methoxy groups -OCH3 is 2. The summed E-state index contributed by atoms with van der Waals surface area (Å²) in [7, 11) is 2.95. The van der Waals surface area contributed by atoms with E-state index in [2.05, 4.69) is 15.3 Å². The molecular weight excluding hydrogens is 473 g/mol. The van der Waals surface area contributed by atoms with Crippen LogP contribution in [0, 0.1) is 6.92 Å². The molecular formula is C22H23F3N4O4S. The largest absolute Gasteiger partial charge is 0.480 e. The van der Waals surface area contributed by atoms with Crippen molar-refractivity contribution in [3.8, 4) is 5.88 Å². The van der Waals surface area contributed by atoms with Crippen molar-refractivity contribution in [1.29, 1.82) is 0 Å². The molecule has 3 heterocycles. The van der Waals surface area contributed by atoms with E-state index < -0.39 is 17.6 Å². The minimum Gasteiger partial charge on any atom is -0.480 e. The standard InChI is InChI=1S/C22H23F3N4O4S/c1-12-17-20(32-3)27-16(11-31-2)28-21(17)34-18(12)19(30)26-15-5-4-13(10-14(15)22(23,24)25)29-6-8-33-9-7-29/h4-5,10H,6-9,11H2,1-3H3,(H,26,30). The van der Waals surface area contributed by atoms with Crippen LogP contribution in [0.4, 0.5) is 24.5 Å². The number of alkyl halides is 3. The number of aromatic nitrogens is 2. The van der Waals surface area contributed by atoms with Crippen molar-refractivity contribution in [3.05, 3.63) is 40.0 Å². The first-order chi connectivity index (χ1) is 16.2. The van der Waals surface area contributed by atoms with E-state index in [1.807, 2.05) is 4.90 Å². The highest BCUT2D eigenvalue weighted by atomic mass is 32.1. The number of benzene rings is 1. The van der Waals surface area contributed by atoms with Gasteiger partial charge in [-0.15, -0.1) is 11.3 Å². The lowest BCUT2D eigenvalue weighted by atomic mass is 10.1. The van der Waals surface area contributed by atoms with Gasteiger partial charge in [-0.25, -0.2) is 4.98 Å². The molecule has 0 bridgehead atoms. The minimum absolute atomic E-state index is 0.148. The molecule has 0 aliphatic carbocycles. The number of nitrogens with one attached hydrogen (secondary N) is 1. The van der Waals surface area contributed by atoms with Crippen molar-refractivity contribution >= 4 is 38.8 Å². The van der Waals surface area contributed by atoms with Crippen LogP contribution in [-0.4, -0.2) is 56.4 Å². The Morgan fingerprint density at radius 3 is 2.62 bits per heavy atom. The third-order valence-electron chi connectivity index (χ3n) is 5.41. The number of thiophene rings is 1. The Bertz CT molecular complexity index is 1210. The lowest BCUT2D eigenvalue weighted by molar-refractivity contribution is -0.136. The molecule has 0 atom stereocenters. The minimum atomic E-state index is -4.65. The Morgan fingerprint density at radius 2 is 1.97 bits per heavy atom. The summed E-state index contributed by atoms with van der Waals surface area (Å²) in [6.45, 7) is 3.72. The zero-order valence-electron chi connectivity index (χ0n) is 18.8. The summed E-state index contributed by atoms with van der Waals surface area (Å²) in [6, 6.07) is 3.91. The van der Waals surface area contributed by atoms with Gasteiger partial charge in [-0.1, -0.05) is 0 Å². The highest BCUT2D eigenvalue weighted by molar-refractivity contribution is 7.20. The second-order valence-electron chi connectivity index (χ2n) is 7.60. The number of rotatable bonds is 6. The number of nitrogens with zero attached hydrogens (tertiary/aromatic N) is 3. The first-order valence-electron chi connectivity index (χ1n) is 10.4. The number of carbonyl (C=O) groups excluding carboxylic acids is 1. The molecule has 34 heavy (non-hydrogen) atoms. The summed E-state index contributed by atoms with van der Waals surface area (Å²) in [5, 5.41) is 2.98. The quantitative estimate of drug-likeness (QED) is 0.546. The van der Waals surface area contributed by atoms with Crippen LogP contribution in [-0.2, 0) is 22.3 Å². The van der Waals surface area contributed by atoms with Gasteiger partial charge in [0, 0.05) is 25.9 Å². The highest BCUT2D eigenvalue weighted by Gasteiger charge is 2.35. The fourth-order valence-corrected chi connectivity index (χ4v) is 4.86. The van der Waals surface area contributed by atoms with Gasteiger partial charge in [-0.2, -0.15) is 18.2 Å². The van der Waals surface area contributed by atoms with Crippen LogP contribution in [0.2, 0.25) is 0 Å². The molecule has 1 amide bonds. The first-order valence-corrected chi connectivity index (χ1v) is 11.2. The van der Waals surface area contributed by atoms with E-state index >= 15 is 0 Å². The Balaban J connectivity index is 1.68. The molecule has 4 rings (SSSR count). The van der Waals surface area contributed by atoms with Crippen LogP contribution >= 0.6 is 11.3 Å². The van der Waals surface area contributed by atoms with Gasteiger partial charge in [-0.3, -0.25) is 4.79 Å². The summed E-state index contributed by atoms with van der Waals surface area (Å²) in [5.74, 6) is -0.0192. The Morgan fingerprint density at radius 1 is 1.24 bits per heavy atom. The molecule has 1 fully saturated rings. The highest BCUT2D eigenvalue weighted by Crippen LogP contribution is 2.39. The van der Waals surface area contributed by atoms with Crippen molar-refractivity contribution in [3.63, 3.8) is 0 Å². The third-order valence-corrected chi connectivity index (χ3v) is 6.59. The van der Waals surface area contributed by atoms with Gasteiger partial charge in [0.1, 0.15) is 11.4 Å². The molecule has 182 valence electrons. The monoisotopic (exact) mass is 496 g/mol. The zero-order valence-corrected chi connectivity index (χ0v) is 19.6. The SMILES string of the molecule is COCc1nc(OC)c2c(C)c(C(=O)Nc3ccc(N4CCOCC4)cc3C(F)(F)F)sc2n1. The summed E-state index contributed by atoms with van der Waals surface area (Å²) in [6.07, 6.45) is -4.65. The molecule has 1 saturated heterocycles. The smallest absolute Gasteiger partial charge is 0.418 e. The van der Waals surface area contributed by atoms with Crippen LogP contribution in [0.5, 0.6) is 5.88 Å². The van der Waals surface area contributed by atoms with E-state index in [-0.39, 0.29) is 23.1 Å². The van der Waals surface area contributed by atoms with Crippen molar-refractivity contribution in [2.24, 2.45) is 0 Å². The second kappa shape index (κ2) is 9.72. The molecule has 12 heteroatoms. The number of morpholine rings is 1. The lowest BCUT2D eigenvalue weighted by Crippen LogP contribution is -2.36. The van der Waals surface area contributed by atoms with E-state index in [9.17, 15) is 18.0 Å². The van der Waals surface area contributed by atoms with Gasteiger partial charge in [-0.05, 0) is 30.7 Å². The van der Waals surface area contributed by atoms with Gasteiger partial charge in [0.2, 0.25) is 5.88 Å². The molecule has 0 spiro atoms. The maximum absolute atomic E-state index is 13.9. The van der Waals surface area contributed by atoms with Crippen LogP contribution in [0.25, 0.3) is 10.2 Å². The van der Waals surface area contributed by atoms with Crippen LogP contribution in [0.15, 0.2) is 18.2 Å².